The van der Waals surface area contributed by atoms with E-state index >= 15 is 0 Å². The number of nitrogens with zero attached hydrogens (tertiary/aromatic N) is 2. The molecule has 1 N–H and O–H groups in total. The van der Waals surface area contributed by atoms with E-state index in [0.717, 1.165) is 70.6 Å². The topological polar surface area (TPSA) is 43.8 Å². The summed E-state index contributed by atoms with van der Waals surface area (Å²) in [6.45, 7) is 10.3. The Balaban J connectivity index is 1.79. The first-order chi connectivity index (χ1) is 10.6. The van der Waals surface area contributed by atoms with Crippen LogP contribution in [0.15, 0.2) is 12.7 Å². The summed E-state index contributed by atoms with van der Waals surface area (Å²) in [6.07, 6.45) is 7.52. The molecule has 126 valence electrons. The van der Waals surface area contributed by atoms with Crippen LogP contribution in [0.25, 0.3) is 0 Å². The Kier molecular flexibility index (Phi) is 6.90. The summed E-state index contributed by atoms with van der Waals surface area (Å²) in [6, 6.07) is 0. The number of hydrogen-bond donors (Lipinski definition) is 1. The van der Waals surface area contributed by atoms with Crippen molar-refractivity contribution in [2.24, 2.45) is 11.8 Å². The molecule has 0 saturated carbocycles. The van der Waals surface area contributed by atoms with Gasteiger partial charge >= 0.3 is 0 Å². The largest absolute Gasteiger partial charge is 0.392 e. The predicted octanol–water partition coefficient (Wildman–Crippen LogP) is 2.28. The summed E-state index contributed by atoms with van der Waals surface area (Å²) in [5.74, 6) is 1.23. The Labute approximate surface area is 135 Å². The molecule has 2 atom stereocenters. The lowest BCUT2D eigenvalue weighted by Gasteiger charge is -2.37. The van der Waals surface area contributed by atoms with Crippen LogP contribution in [0, 0.1) is 11.8 Å². The summed E-state index contributed by atoms with van der Waals surface area (Å²) < 4.78 is 0. The first-order valence-electron chi connectivity index (χ1n) is 8.90. The van der Waals surface area contributed by atoms with Gasteiger partial charge in [-0.05, 0) is 51.0 Å². The molecule has 0 bridgehead atoms. The molecular weight excluding hydrogens is 276 g/mol. The van der Waals surface area contributed by atoms with Crippen LogP contribution < -0.4 is 0 Å². The number of allylic oxidation sites excluding steroid dienone is 1. The lowest BCUT2D eigenvalue weighted by atomic mass is 9.93. The van der Waals surface area contributed by atoms with Crippen molar-refractivity contribution in [3.63, 3.8) is 0 Å². The molecule has 2 aliphatic rings. The Morgan fingerprint density at radius 3 is 2.73 bits per heavy atom. The van der Waals surface area contributed by atoms with Crippen LogP contribution in [-0.2, 0) is 4.79 Å². The van der Waals surface area contributed by atoms with Gasteiger partial charge in [-0.3, -0.25) is 9.69 Å². The standard InChI is InChI=1S/C18H32N2O2/c1-3-4-7-17(21)14-19-10-5-6-16(13-19)18(22)20-11-8-15(2)9-12-20/h3,15-17,21H,1,4-14H2,2H3/t16-,17-/m0/s1. The highest BCUT2D eigenvalue weighted by atomic mass is 16.3. The average molecular weight is 308 g/mol. The number of rotatable bonds is 6. The van der Waals surface area contributed by atoms with Gasteiger partial charge in [0.1, 0.15) is 0 Å². The highest BCUT2D eigenvalue weighted by Crippen LogP contribution is 2.23. The minimum Gasteiger partial charge on any atom is -0.392 e. The Morgan fingerprint density at radius 2 is 2.05 bits per heavy atom. The molecule has 0 aliphatic carbocycles. The van der Waals surface area contributed by atoms with E-state index < -0.39 is 0 Å². The number of carbonyl (C=O) groups excluding carboxylic acids is 1. The molecule has 4 heteroatoms. The minimum absolute atomic E-state index is 0.133. The molecule has 4 nitrogen and oxygen atoms in total. The maximum atomic E-state index is 12.7. The van der Waals surface area contributed by atoms with Crippen molar-refractivity contribution in [1.82, 2.24) is 9.80 Å². The number of amides is 1. The van der Waals surface area contributed by atoms with Crippen molar-refractivity contribution in [3.05, 3.63) is 12.7 Å². The fraction of sp³-hybridized carbons (Fsp3) is 0.833. The van der Waals surface area contributed by atoms with Gasteiger partial charge in [-0.2, -0.15) is 0 Å². The third-order valence-electron chi connectivity index (χ3n) is 5.12. The van der Waals surface area contributed by atoms with Crippen molar-refractivity contribution in [3.8, 4) is 0 Å². The average Bonchev–Trinajstić information content (AvgIpc) is 2.53. The molecular formula is C18H32N2O2. The first-order valence-corrected chi connectivity index (χ1v) is 8.90. The lowest BCUT2D eigenvalue weighted by Crippen LogP contribution is -2.48. The van der Waals surface area contributed by atoms with Crippen molar-refractivity contribution >= 4 is 5.91 Å². The van der Waals surface area contributed by atoms with Gasteiger partial charge in [0.2, 0.25) is 5.91 Å². The fourth-order valence-electron chi connectivity index (χ4n) is 3.61. The second kappa shape index (κ2) is 8.68. The highest BCUT2D eigenvalue weighted by molar-refractivity contribution is 5.79. The van der Waals surface area contributed by atoms with Gasteiger partial charge in [0.25, 0.3) is 0 Å². The normalized spacial score (nSPS) is 25.9. The smallest absolute Gasteiger partial charge is 0.226 e. The summed E-state index contributed by atoms with van der Waals surface area (Å²) >= 11 is 0. The third-order valence-corrected chi connectivity index (χ3v) is 5.12. The Bertz CT molecular complexity index is 364. The van der Waals surface area contributed by atoms with Crippen molar-refractivity contribution < 1.29 is 9.90 Å². The molecule has 0 aromatic heterocycles. The Morgan fingerprint density at radius 1 is 1.32 bits per heavy atom. The summed E-state index contributed by atoms with van der Waals surface area (Å²) in [4.78, 5) is 17.0. The van der Waals surface area contributed by atoms with Crippen LogP contribution in [-0.4, -0.2) is 59.6 Å². The number of hydrogen-bond acceptors (Lipinski definition) is 3. The van der Waals surface area contributed by atoms with Crippen LogP contribution in [0.1, 0.15) is 45.4 Å². The van der Waals surface area contributed by atoms with Crippen molar-refractivity contribution in [2.45, 2.75) is 51.6 Å². The first kappa shape index (κ1) is 17.5. The van der Waals surface area contributed by atoms with Crippen LogP contribution in [0.4, 0.5) is 0 Å². The molecule has 0 aromatic rings. The number of likely N-dealkylation sites (tertiary alicyclic amines) is 2. The van der Waals surface area contributed by atoms with Crippen molar-refractivity contribution in [1.29, 1.82) is 0 Å². The van der Waals surface area contributed by atoms with Crippen LogP contribution in [0.5, 0.6) is 0 Å². The number of aliphatic hydroxyl groups is 1. The van der Waals surface area contributed by atoms with Gasteiger partial charge in [-0.15, -0.1) is 6.58 Å². The number of carbonyl (C=O) groups is 1. The SMILES string of the molecule is C=CCC[C@H](O)CN1CCC[C@H](C(=O)N2CCC(C)CC2)C1. The Hall–Kier alpha value is -0.870. The zero-order chi connectivity index (χ0) is 15.9. The second-order valence-corrected chi connectivity index (χ2v) is 7.13. The molecule has 1 amide bonds. The van der Waals surface area contributed by atoms with E-state index in [1.165, 1.54) is 0 Å². The molecule has 2 saturated heterocycles. The molecule has 2 heterocycles. The number of β-amino-alcohol motifs (C(OH)–C–C–N with tert-alkyl or cyclic N) is 1. The van der Waals surface area contributed by atoms with Gasteiger partial charge in [0, 0.05) is 26.2 Å². The zero-order valence-electron chi connectivity index (χ0n) is 14.0. The van der Waals surface area contributed by atoms with Gasteiger partial charge < -0.3 is 10.0 Å². The number of aliphatic hydroxyl groups excluding tert-OH is 1. The molecule has 0 unspecified atom stereocenters. The molecule has 2 aliphatic heterocycles. The van der Waals surface area contributed by atoms with Crippen LogP contribution in [0.2, 0.25) is 0 Å². The third kappa shape index (κ3) is 5.10. The molecule has 2 fully saturated rings. The quantitative estimate of drug-likeness (QED) is 0.766. The monoisotopic (exact) mass is 308 g/mol. The molecule has 0 aromatic carbocycles. The molecule has 0 spiro atoms. The minimum atomic E-state index is -0.303. The fourth-order valence-corrected chi connectivity index (χ4v) is 3.61. The van der Waals surface area contributed by atoms with Crippen LogP contribution >= 0.6 is 0 Å². The molecule has 2 rings (SSSR count). The van der Waals surface area contributed by atoms with E-state index in [0.29, 0.717) is 12.5 Å². The summed E-state index contributed by atoms with van der Waals surface area (Å²) in [5, 5.41) is 10.1. The van der Waals surface area contributed by atoms with E-state index in [1.54, 1.807) is 0 Å². The van der Waals surface area contributed by atoms with Gasteiger partial charge in [0.15, 0.2) is 0 Å². The zero-order valence-corrected chi connectivity index (χ0v) is 14.0. The van der Waals surface area contributed by atoms with Crippen LogP contribution in [0.3, 0.4) is 0 Å². The highest BCUT2D eigenvalue weighted by Gasteiger charge is 2.31. The van der Waals surface area contributed by atoms with Gasteiger partial charge in [0.05, 0.1) is 12.0 Å². The van der Waals surface area contributed by atoms with Crippen molar-refractivity contribution in [2.75, 3.05) is 32.7 Å². The van der Waals surface area contributed by atoms with E-state index in [1.807, 2.05) is 6.08 Å². The summed E-state index contributed by atoms with van der Waals surface area (Å²) in [5.41, 5.74) is 0. The molecule has 22 heavy (non-hydrogen) atoms. The summed E-state index contributed by atoms with van der Waals surface area (Å²) in [7, 11) is 0. The van der Waals surface area contributed by atoms with E-state index in [9.17, 15) is 9.90 Å². The van der Waals surface area contributed by atoms with Gasteiger partial charge in [-0.1, -0.05) is 13.0 Å². The lowest BCUT2D eigenvalue weighted by molar-refractivity contribution is -0.138. The van der Waals surface area contributed by atoms with E-state index in [2.05, 4.69) is 23.3 Å². The van der Waals surface area contributed by atoms with E-state index in [-0.39, 0.29) is 12.0 Å². The van der Waals surface area contributed by atoms with E-state index in [4.69, 9.17) is 0 Å². The number of piperidine rings is 2. The maximum Gasteiger partial charge on any atom is 0.226 e. The molecule has 0 radical (unpaired) electrons. The van der Waals surface area contributed by atoms with Gasteiger partial charge in [-0.25, -0.2) is 0 Å². The predicted molar refractivity (Wildman–Crippen MR) is 89.6 cm³/mol. The second-order valence-electron chi connectivity index (χ2n) is 7.13. The maximum absolute atomic E-state index is 12.7.